The van der Waals surface area contributed by atoms with Gasteiger partial charge in [-0.25, -0.2) is 0 Å². The van der Waals surface area contributed by atoms with Gasteiger partial charge in [0.05, 0.1) is 11.0 Å². The Morgan fingerprint density at radius 3 is 0.967 bits per heavy atom. The maximum absolute atomic E-state index is 15.1. The molecule has 346 valence electrons. The molecule has 8 nitrogen and oxygen atoms in total. The number of aryl methyl sites for hydroxylation is 2. The molecular formula is C50H88O8P2. The number of aliphatic hydroxyl groups is 2. The highest BCUT2D eigenvalue weighted by Crippen LogP contribution is 2.63. The minimum atomic E-state index is -2.62. The highest BCUT2D eigenvalue weighted by Gasteiger charge is 2.63. The van der Waals surface area contributed by atoms with Crippen LogP contribution in [-0.2, 0) is 39.9 Å². The molecule has 0 saturated heterocycles. The molecule has 0 radical (unpaired) electrons. The highest BCUT2D eigenvalue weighted by atomic mass is 31.2. The van der Waals surface area contributed by atoms with Gasteiger partial charge in [0.1, 0.15) is 0 Å². The number of unbranched alkanes of at least 4 members (excludes halogenated alkanes) is 1. The summed E-state index contributed by atoms with van der Waals surface area (Å²) in [5.74, 6) is 0.438. The van der Waals surface area contributed by atoms with Gasteiger partial charge in [-0.3, -0.25) is 0 Å². The molecule has 2 aliphatic rings. The van der Waals surface area contributed by atoms with E-state index in [-0.39, 0.29) is 40.1 Å². The maximum atomic E-state index is 15.1. The molecule has 2 fully saturated rings. The van der Waals surface area contributed by atoms with E-state index in [9.17, 15) is 5.11 Å². The molecule has 0 aromatic heterocycles. The summed E-state index contributed by atoms with van der Waals surface area (Å²) in [4.78, 5) is 43.4. The number of benzene rings is 2. The number of hydrogen-bond acceptors (Lipinski definition) is 8. The Bertz CT molecular complexity index is 1410. The van der Waals surface area contributed by atoms with Crippen LogP contribution < -0.4 is 0 Å². The fourth-order valence-electron chi connectivity index (χ4n) is 10.7. The molecule has 2 saturated carbocycles. The molecule has 0 bridgehead atoms. The van der Waals surface area contributed by atoms with Gasteiger partial charge >= 0.3 is 17.2 Å². The molecule has 4 rings (SSSR count). The minimum absolute atomic E-state index is 0.143. The summed E-state index contributed by atoms with van der Waals surface area (Å²) in [6, 6.07) is 10.2. The summed E-state index contributed by atoms with van der Waals surface area (Å²) >= 11 is 0. The van der Waals surface area contributed by atoms with Crippen LogP contribution in [0.4, 0.5) is 0 Å². The van der Waals surface area contributed by atoms with Crippen LogP contribution in [-0.4, -0.2) is 51.8 Å². The molecule has 2 aromatic rings. The van der Waals surface area contributed by atoms with E-state index in [1.165, 1.54) is 83.0 Å². The molecule has 0 heterocycles. The topological polar surface area (TPSA) is 162 Å². The lowest BCUT2D eigenvalue weighted by molar-refractivity contribution is -0.141. The van der Waals surface area contributed by atoms with E-state index in [0.717, 1.165) is 57.8 Å². The second-order valence-electron chi connectivity index (χ2n) is 22.0. The lowest BCUT2D eigenvalue weighted by Gasteiger charge is -2.61. The van der Waals surface area contributed by atoms with Crippen LogP contribution in [0.3, 0.4) is 0 Å². The normalized spacial score (nSPS) is 16.7. The van der Waals surface area contributed by atoms with Crippen LogP contribution in [0.2, 0.25) is 0 Å². The Kier molecular flexibility index (Phi) is 20.9. The standard InChI is InChI=1S/C50H82O2.2H3O3P/c1-15-35-31-39(45(3,4)5)43(40(32-35)46(6,7)8)49(29-23-24-30-51,50(52,37-25-19-17-20-26-37)38-27-21-18-22-28-38)44-41(47(9,10)11)33-36(16-2)34-42(44)48(12,13)14;2*1-4(2)3/h31-34,37-38,51-52H,15-30H2,1-14H3;2*1-3H. The van der Waals surface area contributed by atoms with Gasteiger partial charge in [-0.15, -0.1) is 0 Å². The minimum Gasteiger partial charge on any atom is -0.396 e. The second-order valence-corrected chi connectivity index (χ2v) is 23.0. The third-order valence-corrected chi connectivity index (χ3v) is 13.4. The summed E-state index contributed by atoms with van der Waals surface area (Å²) < 4.78 is 0. The number of rotatable bonds is 11. The van der Waals surface area contributed by atoms with Crippen molar-refractivity contribution >= 4 is 17.2 Å². The molecule has 60 heavy (non-hydrogen) atoms. The van der Waals surface area contributed by atoms with Crippen LogP contribution in [0.5, 0.6) is 0 Å². The van der Waals surface area contributed by atoms with Crippen molar-refractivity contribution in [3.05, 3.63) is 68.8 Å². The van der Waals surface area contributed by atoms with Crippen LogP contribution in [0, 0.1) is 11.8 Å². The first-order valence-electron chi connectivity index (χ1n) is 23.0. The van der Waals surface area contributed by atoms with E-state index >= 15 is 5.11 Å². The molecule has 0 aliphatic heterocycles. The lowest BCUT2D eigenvalue weighted by atomic mass is 9.45. The SMILES string of the molecule is CCc1cc(C(C)(C)C)c(C(CCCCO)(c2c(C(C)(C)C)cc(CC)cc2C(C)(C)C)C(O)(C2CCCCC2)C2CCCCC2)c(C(C)(C)C)c1.OP(O)O.OP(O)O. The Hall–Kier alpha value is -1.02. The first-order valence-corrected chi connectivity index (χ1v) is 25.4. The zero-order chi connectivity index (χ0) is 46.1. The molecular weight excluding hydrogens is 790 g/mol. The fraction of sp³-hybridized carbons (Fsp3) is 0.760. The smallest absolute Gasteiger partial charge is 0.324 e. The van der Waals surface area contributed by atoms with E-state index in [1.54, 1.807) is 0 Å². The first-order chi connectivity index (χ1) is 27.5. The number of hydrogen-bond donors (Lipinski definition) is 8. The summed E-state index contributed by atoms with van der Waals surface area (Å²) in [6.45, 7) is 33.9. The van der Waals surface area contributed by atoms with Crippen molar-refractivity contribution in [1.82, 2.24) is 0 Å². The van der Waals surface area contributed by atoms with Crippen molar-refractivity contribution in [2.75, 3.05) is 6.61 Å². The third-order valence-electron chi connectivity index (χ3n) is 13.4. The van der Waals surface area contributed by atoms with E-state index in [4.69, 9.17) is 29.4 Å². The summed E-state index contributed by atoms with van der Waals surface area (Å²) in [5.41, 5.74) is 9.14. The van der Waals surface area contributed by atoms with E-state index in [1.807, 2.05) is 0 Å². The van der Waals surface area contributed by atoms with Crippen molar-refractivity contribution < 1.29 is 39.6 Å². The summed E-state index contributed by atoms with van der Waals surface area (Å²) in [7, 11) is -5.24. The Labute approximate surface area is 368 Å². The van der Waals surface area contributed by atoms with E-state index in [2.05, 4.69) is 121 Å². The molecule has 0 atom stereocenters. The Balaban J connectivity index is 0.00000142. The maximum Gasteiger partial charge on any atom is 0.324 e. The van der Waals surface area contributed by atoms with Crippen LogP contribution in [0.25, 0.3) is 0 Å². The van der Waals surface area contributed by atoms with Crippen molar-refractivity contribution in [2.24, 2.45) is 11.8 Å². The quantitative estimate of drug-likeness (QED) is 0.0817. The fourth-order valence-corrected chi connectivity index (χ4v) is 10.7. The molecule has 10 heteroatoms. The van der Waals surface area contributed by atoms with Gasteiger partial charge < -0.3 is 39.6 Å². The Morgan fingerprint density at radius 2 is 0.750 bits per heavy atom. The van der Waals surface area contributed by atoms with Gasteiger partial charge in [-0.1, -0.05) is 160 Å². The Morgan fingerprint density at radius 1 is 0.483 bits per heavy atom. The zero-order valence-electron chi connectivity index (χ0n) is 40.2. The second kappa shape index (κ2) is 22.7. The summed E-state index contributed by atoms with van der Waals surface area (Å²) in [5, 5.41) is 25.6. The number of aliphatic hydroxyl groups excluding tert-OH is 1. The average molecular weight is 879 g/mol. The van der Waals surface area contributed by atoms with Gasteiger partial charge in [0.25, 0.3) is 0 Å². The monoisotopic (exact) mass is 879 g/mol. The van der Waals surface area contributed by atoms with Crippen molar-refractivity contribution in [3.63, 3.8) is 0 Å². The molecule has 2 aromatic carbocycles. The van der Waals surface area contributed by atoms with Crippen LogP contribution >= 0.6 is 17.2 Å². The molecule has 0 unspecified atom stereocenters. The van der Waals surface area contributed by atoms with Crippen molar-refractivity contribution in [1.29, 1.82) is 0 Å². The predicted molar refractivity (Wildman–Crippen MR) is 253 cm³/mol. The first kappa shape index (κ1) is 55.1. The van der Waals surface area contributed by atoms with Gasteiger partial charge in [0, 0.05) is 6.61 Å². The van der Waals surface area contributed by atoms with Crippen molar-refractivity contribution in [2.45, 2.75) is 226 Å². The largest absolute Gasteiger partial charge is 0.396 e. The average Bonchev–Trinajstić information content (AvgIpc) is 3.14. The molecule has 8 N–H and O–H groups in total. The van der Waals surface area contributed by atoms with E-state index < -0.39 is 28.2 Å². The van der Waals surface area contributed by atoms with Gasteiger partial charge in [-0.05, 0) is 136 Å². The zero-order valence-corrected chi connectivity index (χ0v) is 42.0. The van der Waals surface area contributed by atoms with Crippen molar-refractivity contribution in [3.8, 4) is 0 Å². The molecule has 0 spiro atoms. The lowest BCUT2D eigenvalue weighted by Crippen LogP contribution is -2.64. The van der Waals surface area contributed by atoms with Gasteiger partial charge in [-0.2, -0.15) is 0 Å². The highest BCUT2D eigenvalue weighted by molar-refractivity contribution is 7.38. The molecule has 0 amide bonds. The van der Waals surface area contributed by atoms with Crippen LogP contribution in [0.1, 0.15) is 225 Å². The third kappa shape index (κ3) is 13.7. The van der Waals surface area contributed by atoms with Crippen LogP contribution in [0.15, 0.2) is 24.3 Å². The summed E-state index contributed by atoms with van der Waals surface area (Å²) in [6.07, 6.45) is 16.2. The van der Waals surface area contributed by atoms with Gasteiger partial charge in [0.2, 0.25) is 0 Å². The van der Waals surface area contributed by atoms with Gasteiger partial charge in [0.15, 0.2) is 0 Å². The molecule has 2 aliphatic carbocycles. The predicted octanol–water partition coefficient (Wildman–Crippen LogP) is 11.7. The van der Waals surface area contributed by atoms with E-state index in [0.29, 0.717) is 0 Å².